The van der Waals surface area contributed by atoms with E-state index in [0.717, 1.165) is 5.56 Å². The lowest BCUT2D eigenvalue weighted by molar-refractivity contribution is 0.180. The first-order valence-corrected chi connectivity index (χ1v) is 9.44. The summed E-state index contributed by atoms with van der Waals surface area (Å²) in [5, 5.41) is 0. The quantitative estimate of drug-likeness (QED) is 0.853. The van der Waals surface area contributed by atoms with Crippen LogP contribution in [0.5, 0.6) is 0 Å². The highest BCUT2D eigenvalue weighted by molar-refractivity contribution is 7.89. The number of nitrogens with zero attached hydrogens (tertiary/aromatic N) is 2. The molecule has 0 aliphatic carbocycles. The van der Waals surface area contributed by atoms with E-state index < -0.39 is 10.0 Å². The summed E-state index contributed by atoms with van der Waals surface area (Å²) in [6.07, 6.45) is 0. The van der Waals surface area contributed by atoms with Crippen molar-refractivity contribution in [3.8, 4) is 0 Å². The summed E-state index contributed by atoms with van der Waals surface area (Å²) < 4.78 is 40.8. The minimum absolute atomic E-state index is 0.215. The Bertz CT molecular complexity index is 815. The average Bonchev–Trinajstić information content (AvgIpc) is 2.58. The molecule has 6 heteroatoms. The number of rotatable bonds is 4. The van der Waals surface area contributed by atoms with Crippen LogP contribution in [0.1, 0.15) is 11.1 Å². The molecule has 0 saturated carbocycles. The third-order valence-electron chi connectivity index (χ3n) is 4.39. The Morgan fingerprint density at radius 1 is 0.958 bits per heavy atom. The van der Waals surface area contributed by atoms with Crippen LogP contribution in [0.4, 0.5) is 4.39 Å². The maximum absolute atomic E-state index is 13.7. The Labute approximate surface area is 142 Å². The number of piperazine rings is 1. The van der Waals surface area contributed by atoms with Gasteiger partial charge in [-0.1, -0.05) is 36.4 Å². The minimum atomic E-state index is -3.46. The molecule has 0 radical (unpaired) electrons. The first-order chi connectivity index (χ1) is 11.5. The molecular formula is C18H21FN2O2S. The van der Waals surface area contributed by atoms with Crippen molar-refractivity contribution in [3.05, 3.63) is 65.5 Å². The van der Waals surface area contributed by atoms with Crippen LogP contribution in [-0.2, 0) is 16.6 Å². The van der Waals surface area contributed by atoms with Gasteiger partial charge in [0.05, 0.1) is 4.90 Å². The van der Waals surface area contributed by atoms with Gasteiger partial charge in [0.25, 0.3) is 0 Å². The van der Waals surface area contributed by atoms with Gasteiger partial charge in [-0.3, -0.25) is 4.90 Å². The predicted octanol–water partition coefficient (Wildman–Crippen LogP) is 2.64. The molecule has 0 aromatic heterocycles. The minimum Gasteiger partial charge on any atom is -0.296 e. The van der Waals surface area contributed by atoms with Gasteiger partial charge in [0, 0.05) is 38.3 Å². The lowest BCUT2D eigenvalue weighted by atomic mass is 10.2. The van der Waals surface area contributed by atoms with Crippen LogP contribution < -0.4 is 0 Å². The number of hydrogen-bond acceptors (Lipinski definition) is 3. The van der Waals surface area contributed by atoms with Gasteiger partial charge in [-0.15, -0.1) is 0 Å². The Morgan fingerprint density at radius 2 is 1.58 bits per heavy atom. The summed E-state index contributed by atoms with van der Waals surface area (Å²) in [6.45, 7) is 4.35. The van der Waals surface area contributed by atoms with Crippen molar-refractivity contribution in [1.29, 1.82) is 0 Å². The summed E-state index contributed by atoms with van der Waals surface area (Å²) in [7, 11) is -3.46. The predicted molar refractivity (Wildman–Crippen MR) is 91.6 cm³/mol. The number of hydrogen-bond donors (Lipinski definition) is 0. The highest BCUT2D eigenvalue weighted by Crippen LogP contribution is 2.21. The maximum Gasteiger partial charge on any atom is 0.243 e. The lowest BCUT2D eigenvalue weighted by Crippen LogP contribution is -2.48. The zero-order chi connectivity index (χ0) is 17.2. The number of aryl methyl sites for hydroxylation is 1. The first kappa shape index (κ1) is 17.1. The summed E-state index contributed by atoms with van der Waals surface area (Å²) in [5.41, 5.74) is 1.40. The van der Waals surface area contributed by atoms with Gasteiger partial charge in [-0.2, -0.15) is 4.31 Å². The number of benzene rings is 2. The molecule has 0 atom stereocenters. The molecule has 3 rings (SSSR count). The van der Waals surface area contributed by atoms with Crippen molar-refractivity contribution in [2.75, 3.05) is 26.2 Å². The van der Waals surface area contributed by atoms with E-state index in [9.17, 15) is 12.8 Å². The number of sulfonamides is 1. The second-order valence-electron chi connectivity index (χ2n) is 6.04. The monoisotopic (exact) mass is 348 g/mol. The highest BCUT2D eigenvalue weighted by atomic mass is 32.2. The van der Waals surface area contributed by atoms with Gasteiger partial charge < -0.3 is 0 Å². The van der Waals surface area contributed by atoms with Gasteiger partial charge in [0.2, 0.25) is 10.0 Å². The van der Waals surface area contributed by atoms with Crippen molar-refractivity contribution >= 4 is 10.0 Å². The molecule has 1 aliphatic rings. The molecular weight excluding hydrogens is 327 g/mol. The molecule has 4 nitrogen and oxygen atoms in total. The lowest BCUT2D eigenvalue weighted by Gasteiger charge is -2.34. The molecule has 0 unspecified atom stereocenters. The fraction of sp³-hybridized carbons (Fsp3) is 0.333. The normalized spacial score (nSPS) is 17.1. The van der Waals surface area contributed by atoms with Crippen LogP contribution >= 0.6 is 0 Å². The Kier molecular flexibility index (Phi) is 4.99. The van der Waals surface area contributed by atoms with Crippen LogP contribution in [0, 0.1) is 12.7 Å². The third-order valence-corrected chi connectivity index (χ3v) is 6.45. The zero-order valence-electron chi connectivity index (χ0n) is 13.7. The second kappa shape index (κ2) is 7.01. The molecule has 1 aliphatic heterocycles. The summed E-state index contributed by atoms with van der Waals surface area (Å²) in [6, 6.07) is 13.7. The fourth-order valence-electron chi connectivity index (χ4n) is 2.98. The SMILES string of the molecule is Cc1ccccc1S(=O)(=O)N1CCN(Cc2ccccc2F)CC1. The standard InChI is InChI=1S/C18H21FN2O2S/c1-15-6-2-5-9-18(15)24(22,23)21-12-10-20(11-13-21)14-16-7-3-4-8-17(16)19/h2-9H,10-14H2,1H3. The molecule has 0 N–H and O–H groups in total. The smallest absolute Gasteiger partial charge is 0.243 e. The molecule has 1 saturated heterocycles. The van der Waals surface area contributed by atoms with Gasteiger partial charge in [0.1, 0.15) is 5.82 Å². The summed E-state index contributed by atoms with van der Waals surface area (Å²) in [5.74, 6) is -0.215. The van der Waals surface area contributed by atoms with E-state index in [1.807, 2.05) is 12.1 Å². The van der Waals surface area contributed by atoms with Gasteiger partial charge in [0.15, 0.2) is 0 Å². The fourth-order valence-corrected chi connectivity index (χ4v) is 4.63. The van der Waals surface area contributed by atoms with Crippen LogP contribution in [0.15, 0.2) is 53.4 Å². The average molecular weight is 348 g/mol. The van der Waals surface area contributed by atoms with E-state index >= 15 is 0 Å². The third kappa shape index (κ3) is 3.50. The molecule has 128 valence electrons. The van der Waals surface area contributed by atoms with Crippen molar-refractivity contribution < 1.29 is 12.8 Å². The Morgan fingerprint density at radius 3 is 2.25 bits per heavy atom. The molecule has 2 aromatic rings. The maximum atomic E-state index is 13.7. The first-order valence-electron chi connectivity index (χ1n) is 8.00. The van der Waals surface area contributed by atoms with Crippen LogP contribution in [0.25, 0.3) is 0 Å². The molecule has 0 amide bonds. The summed E-state index contributed by atoms with van der Waals surface area (Å²) in [4.78, 5) is 2.45. The Balaban J connectivity index is 1.67. The van der Waals surface area contributed by atoms with Gasteiger partial charge in [-0.05, 0) is 24.6 Å². The van der Waals surface area contributed by atoms with E-state index in [1.165, 1.54) is 10.4 Å². The van der Waals surface area contributed by atoms with Crippen LogP contribution in [-0.4, -0.2) is 43.8 Å². The van der Waals surface area contributed by atoms with Crippen molar-refractivity contribution in [2.45, 2.75) is 18.4 Å². The second-order valence-corrected chi connectivity index (χ2v) is 7.94. The van der Waals surface area contributed by atoms with E-state index in [2.05, 4.69) is 4.90 Å². The van der Waals surface area contributed by atoms with E-state index in [1.54, 1.807) is 37.3 Å². The van der Waals surface area contributed by atoms with Crippen LogP contribution in [0.3, 0.4) is 0 Å². The zero-order valence-corrected chi connectivity index (χ0v) is 14.5. The van der Waals surface area contributed by atoms with Crippen molar-refractivity contribution in [3.63, 3.8) is 0 Å². The topological polar surface area (TPSA) is 40.6 Å². The van der Waals surface area contributed by atoms with Crippen LogP contribution in [0.2, 0.25) is 0 Å². The van der Waals surface area contributed by atoms with Crippen molar-refractivity contribution in [2.24, 2.45) is 0 Å². The van der Waals surface area contributed by atoms with Crippen molar-refractivity contribution in [1.82, 2.24) is 9.21 Å². The van der Waals surface area contributed by atoms with Gasteiger partial charge >= 0.3 is 0 Å². The summed E-state index contributed by atoms with van der Waals surface area (Å²) >= 11 is 0. The van der Waals surface area contributed by atoms with E-state index in [-0.39, 0.29) is 5.82 Å². The van der Waals surface area contributed by atoms with E-state index in [4.69, 9.17) is 0 Å². The molecule has 0 bridgehead atoms. The Hall–Kier alpha value is -1.76. The molecule has 0 spiro atoms. The molecule has 1 fully saturated rings. The number of halogens is 1. The van der Waals surface area contributed by atoms with Gasteiger partial charge in [-0.25, -0.2) is 12.8 Å². The highest BCUT2D eigenvalue weighted by Gasteiger charge is 2.29. The largest absolute Gasteiger partial charge is 0.296 e. The molecule has 1 heterocycles. The molecule has 2 aromatic carbocycles. The molecule has 24 heavy (non-hydrogen) atoms. The van der Waals surface area contributed by atoms with E-state index in [0.29, 0.717) is 43.2 Å².